The summed E-state index contributed by atoms with van der Waals surface area (Å²) in [4.78, 5) is 49.2. The molecule has 0 spiro atoms. The van der Waals surface area contributed by atoms with Gasteiger partial charge in [0, 0.05) is 0 Å². The van der Waals surface area contributed by atoms with Crippen molar-refractivity contribution in [3.63, 3.8) is 0 Å². The Hall–Kier alpha value is -7.60. The third kappa shape index (κ3) is 13.5. The van der Waals surface area contributed by atoms with Crippen molar-refractivity contribution in [2.24, 2.45) is 0 Å². The van der Waals surface area contributed by atoms with Crippen LogP contribution >= 0.6 is 0 Å². The Morgan fingerprint density at radius 2 is 0.574 bits per heavy atom. The number of carbonyl (C=O) groups is 4. The number of aryl methyl sites for hydroxylation is 1. The molecule has 0 radical (unpaired) electrons. The fraction of sp³-hybridized carbons (Fsp3) is 0.184. The zero-order chi connectivity index (χ0) is 43.6. The van der Waals surface area contributed by atoms with E-state index in [4.69, 9.17) is 37.9 Å². The third-order valence-electron chi connectivity index (χ3n) is 8.41. The van der Waals surface area contributed by atoms with E-state index in [0.717, 1.165) is 0 Å². The van der Waals surface area contributed by atoms with Crippen LogP contribution in [0.15, 0.2) is 140 Å². The lowest BCUT2D eigenvalue weighted by atomic mass is 10.2. The molecule has 0 aromatic heterocycles. The van der Waals surface area contributed by atoms with E-state index in [1.807, 2.05) is 27.7 Å². The second-order valence-corrected chi connectivity index (χ2v) is 12.8. The average Bonchev–Trinajstić information content (AvgIpc) is 3.27. The molecule has 0 saturated heterocycles. The van der Waals surface area contributed by atoms with Gasteiger partial charge in [0.15, 0.2) is 0 Å². The lowest BCUT2D eigenvalue weighted by molar-refractivity contribution is 0.0718. The van der Waals surface area contributed by atoms with Crippen molar-refractivity contribution >= 4 is 23.9 Å². The van der Waals surface area contributed by atoms with E-state index in [0.29, 0.717) is 100 Å². The van der Waals surface area contributed by atoms with Crippen LogP contribution in [0, 0.1) is 6.92 Å². The van der Waals surface area contributed by atoms with E-state index in [2.05, 4.69) is 0 Å². The highest BCUT2D eigenvalue weighted by atomic mass is 16.6. The molecule has 12 nitrogen and oxygen atoms in total. The van der Waals surface area contributed by atoms with Gasteiger partial charge in [-0.15, -0.1) is 0 Å². The number of carbonyl (C=O) groups excluding carboxylic acids is 4. The van der Waals surface area contributed by atoms with Crippen LogP contribution in [0.25, 0.3) is 0 Å². The standard InChI is InChI=1S/C25H24O6.C24H22O6/c1-4-28-20-10-6-18(7-11-20)24(26)30-22-14-15-23(17(3)16-22)31-25(27)19-8-12-21(13-9-19)29-5-2;1-3-27-19-9-5-17(6-10-19)23(25)29-21-13-15-22(16-14-21)30-24(26)18-7-11-20(12-8-18)28-4-2/h6-16H,4-5H2,1-3H3;5-16H,3-4H2,1-2H3. The Morgan fingerprint density at radius 1 is 0.328 bits per heavy atom. The smallest absolute Gasteiger partial charge is 0.343 e. The summed E-state index contributed by atoms with van der Waals surface area (Å²) in [6.07, 6.45) is 0. The fourth-order valence-electron chi connectivity index (χ4n) is 5.45. The van der Waals surface area contributed by atoms with E-state index in [1.165, 1.54) is 0 Å². The van der Waals surface area contributed by atoms with Crippen LogP contribution in [0.4, 0.5) is 0 Å². The predicted octanol–water partition coefficient (Wildman–Crippen LogP) is 10.2. The van der Waals surface area contributed by atoms with Gasteiger partial charge < -0.3 is 37.9 Å². The molecular formula is C49H46O12. The first-order valence-electron chi connectivity index (χ1n) is 19.6. The summed E-state index contributed by atoms with van der Waals surface area (Å²) in [5.74, 6) is 2.24. The summed E-state index contributed by atoms with van der Waals surface area (Å²) in [5.41, 5.74) is 2.30. The largest absolute Gasteiger partial charge is 0.494 e. The molecule has 314 valence electrons. The van der Waals surface area contributed by atoms with Crippen molar-refractivity contribution in [3.05, 3.63) is 167 Å². The summed E-state index contributed by atoms with van der Waals surface area (Å²) in [7, 11) is 0. The Morgan fingerprint density at radius 3 is 0.852 bits per heavy atom. The molecule has 0 N–H and O–H groups in total. The van der Waals surface area contributed by atoms with Crippen LogP contribution in [0.5, 0.6) is 46.0 Å². The first-order chi connectivity index (χ1) is 29.6. The zero-order valence-electron chi connectivity index (χ0n) is 34.5. The minimum absolute atomic E-state index is 0.342. The number of rotatable bonds is 16. The third-order valence-corrected chi connectivity index (χ3v) is 8.41. The molecule has 0 heterocycles. The Balaban J connectivity index is 0.000000231. The van der Waals surface area contributed by atoms with Crippen LogP contribution in [0.2, 0.25) is 0 Å². The molecular weight excluding hydrogens is 781 g/mol. The Kier molecular flexibility index (Phi) is 16.4. The normalized spacial score (nSPS) is 10.2. The molecule has 0 aliphatic carbocycles. The summed E-state index contributed by atoms with van der Waals surface area (Å²) in [6.45, 7) is 11.6. The van der Waals surface area contributed by atoms with Crippen molar-refractivity contribution in [2.45, 2.75) is 34.6 Å². The van der Waals surface area contributed by atoms with Crippen LogP contribution in [-0.2, 0) is 0 Å². The second kappa shape index (κ2) is 22.5. The molecule has 0 bridgehead atoms. The van der Waals surface area contributed by atoms with Crippen LogP contribution in [-0.4, -0.2) is 50.3 Å². The number of ether oxygens (including phenoxy) is 8. The molecule has 6 rings (SSSR count). The molecule has 0 amide bonds. The van der Waals surface area contributed by atoms with Gasteiger partial charge in [-0.3, -0.25) is 0 Å². The highest BCUT2D eigenvalue weighted by molar-refractivity contribution is 5.93. The van der Waals surface area contributed by atoms with Crippen LogP contribution < -0.4 is 37.9 Å². The Labute approximate surface area is 354 Å². The minimum Gasteiger partial charge on any atom is -0.494 e. The maximum absolute atomic E-state index is 12.4. The van der Waals surface area contributed by atoms with Gasteiger partial charge in [0.1, 0.15) is 46.0 Å². The quantitative estimate of drug-likeness (QED) is 0.0677. The van der Waals surface area contributed by atoms with Gasteiger partial charge in [0.05, 0.1) is 48.7 Å². The highest BCUT2D eigenvalue weighted by Crippen LogP contribution is 2.26. The lowest BCUT2D eigenvalue weighted by Gasteiger charge is -2.10. The van der Waals surface area contributed by atoms with Gasteiger partial charge in [0.2, 0.25) is 0 Å². The molecule has 0 saturated carbocycles. The minimum atomic E-state index is -0.489. The Bertz CT molecular complexity index is 2270. The van der Waals surface area contributed by atoms with E-state index in [9.17, 15) is 19.2 Å². The zero-order valence-corrected chi connectivity index (χ0v) is 34.5. The van der Waals surface area contributed by atoms with Gasteiger partial charge >= 0.3 is 23.9 Å². The SMILES string of the molecule is CCOc1ccc(C(=O)Oc2ccc(OC(=O)c3ccc(OCC)cc3)c(C)c2)cc1.CCOc1ccc(C(=O)Oc2ccc(OC(=O)c3ccc(OCC)cc3)cc2)cc1. The number of hydrogen-bond donors (Lipinski definition) is 0. The topological polar surface area (TPSA) is 142 Å². The lowest BCUT2D eigenvalue weighted by Crippen LogP contribution is -2.10. The maximum Gasteiger partial charge on any atom is 0.343 e. The maximum atomic E-state index is 12.4. The summed E-state index contributed by atoms with van der Waals surface area (Å²) >= 11 is 0. The molecule has 0 atom stereocenters. The number of hydrogen-bond acceptors (Lipinski definition) is 12. The van der Waals surface area contributed by atoms with Crippen molar-refractivity contribution in [1.82, 2.24) is 0 Å². The average molecular weight is 827 g/mol. The van der Waals surface area contributed by atoms with E-state index in [1.54, 1.807) is 146 Å². The van der Waals surface area contributed by atoms with E-state index < -0.39 is 23.9 Å². The van der Waals surface area contributed by atoms with Crippen molar-refractivity contribution in [3.8, 4) is 46.0 Å². The highest BCUT2D eigenvalue weighted by Gasteiger charge is 2.15. The summed E-state index contributed by atoms with van der Waals surface area (Å²) in [5, 5.41) is 0. The molecule has 12 heteroatoms. The summed E-state index contributed by atoms with van der Waals surface area (Å²) in [6, 6.07) is 37.9. The van der Waals surface area contributed by atoms with E-state index >= 15 is 0 Å². The molecule has 0 unspecified atom stereocenters. The fourth-order valence-corrected chi connectivity index (χ4v) is 5.45. The van der Waals surface area contributed by atoms with Gasteiger partial charge in [0.25, 0.3) is 0 Å². The first-order valence-corrected chi connectivity index (χ1v) is 19.6. The van der Waals surface area contributed by atoms with E-state index in [-0.39, 0.29) is 0 Å². The molecule has 0 aliphatic heterocycles. The number of benzene rings is 6. The molecule has 61 heavy (non-hydrogen) atoms. The summed E-state index contributed by atoms with van der Waals surface area (Å²) < 4.78 is 43.0. The molecule has 0 aliphatic rings. The monoisotopic (exact) mass is 826 g/mol. The van der Waals surface area contributed by atoms with Crippen molar-refractivity contribution < 1.29 is 57.1 Å². The van der Waals surface area contributed by atoms with Crippen molar-refractivity contribution in [1.29, 1.82) is 0 Å². The van der Waals surface area contributed by atoms with Gasteiger partial charge in [-0.25, -0.2) is 19.2 Å². The second-order valence-electron chi connectivity index (χ2n) is 12.8. The van der Waals surface area contributed by atoms with Crippen molar-refractivity contribution in [2.75, 3.05) is 26.4 Å². The molecule has 6 aromatic rings. The molecule has 0 fully saturated rings. The van der Waals surface area contributed by atoms with Gasteiger partial charge in [-0.05, 0) is 180 Å². The molecule has 6 aromatic carbocycles. The van der Waals surface area contributed by atoms with Crippen LogP contribution in [0.3, 0.4) is 0 Å². The van der Waals surface area contributed by atoms with Crippen LogP contribution in [0.1, 0.15) is 74.7 Å². The van der Waals surface area contributed by atoms with Gasteiger partial charge in [-0.1, -0.05) is 0 Å². The predicted molar refractivity (Wildman–Crippen MR) is 228 cm³/mol. The number of esters is 4. The first kappa shape index (κ1) is 44.5. The van der Waals surface area contributed by atoms with Gasteiger partial charge in [-0.2, -0.15) is 0 Å².